The van der Waals surface area contributed by atoms with Gasteiger partial charge in [0.2, 0.25) is 0 Å². The maximum atomic E-state index is 10.7. The first-order chi connectivity index (χ1) is 13.0. The van der Waals surface area contributed by atoms with Gasteiger partial charge in [0.05, 0.1) is 30.0 Å². The maximum Gasteiger partial charge on any atom is 0.183 e. The third-order valence-corrected chi connectivity index (χ3v) is 5.59. The fourth-order valence-corrected chi connectivity index (χ4v) is 4.05. The van der Waals surface area contributed by atoms with E-state index in [9.17, 15) is 15.3 Å². The van der Waals surface area contributed by atoms with Gasteiger partial charge in [-0.25, -0.2) is 4.98 Å². The monoisotopic (exact) mass is 425 g/mol. The summed E-state index contributed by atoms with van der Waals surface area (Å²) in [6.07, 6.45) is 0.628. The van der Waals surface area contributed by atoms with Crippen molar-refractivity contribution in [2.24, 2.45) is 16.9 Å². The summed E-state index contributed by atoms with van der Waals surface area (Å²) >= 11 is 5.90. The van der Waals surface area contributed by atoms with E-state index in [1.807, 2.05) is 4.57 Å². The Morgan fingerprint density at radius 3 is 2.61 bits per heavy atom. The number of nitrogens with one attached hydrogen (secondary N) is 1. The highest BCUT2D eigenvalue weighted by Crippen LogP contribution is 2.42. The Labute approximate surface area is 171 Å². The van der Waals surface area contributed by atoms with Crippen molar-refractivity contribution >= 4 is 35.0 Å². The van der Waals surface area contributed by atoms with Gasteiger partial charge in [-0.05, 0) is 30.2 Å². The molecular weight excluding hydrogens is 405 g/mol. The van der Waals surface area contributed by atoms with Crippen molar-refractivity contribution in [2.75, 3.05) is 0 Å². The van der Waals surface area contributed by atoms with Gasteiger partial charge in [-0.15, -0.1) is 12.4 Å². The van der Waals surface area contributed by atoms with Crippen LogP contribution in [0.5, 0.6) is 0 Å². The molecule has 8 nitrogen and oxygen atoms in total. The van der Waals surface area contributed by atoms with E-state index in [-0.39, 0.29) is 12.4 Å². The molecule has 0 radical (unpaired) electrons. The van der Waals surface area contributed by atoms with Gasteiger partial charge in [0.25, 0.3) is 0 Å². The predicted octanol–water partition coefficient (Wildman–Crippen LogP) is 1.23. The number of hydrogen-bond acceptors (Lipinski definition) is 6. The molecule has 2 aromatic heterocycles. The molecule has 0 amide bonds. The third-order valence-electron chi connectivity index (χ3n) is 5.34. The van der Waals surface area contributed by atoms with Crippen LogP contribution in [0.2, 0.25) is 5.02 Å². The second kappa shape index (κ2) is 8.10. The second-order valence-corrected chi connectivity index (χ2v) is 7.22. The van der Waals surface area contributed by atoms with Crippen LogP contribution in [0.25, 0.3) is 11.0 Å². The molecule has 1 aromatic carbocycles. The van der Waals surface area contributed by atoms with Crippen molar-refractivity contribution in [3.05, 3.63) is 58.9 Å². The van der Waals surface area contributed by atoms with E-state index >= 15 is 0 Å². The van der Waals surface area contributed by atoms with Gasteiger partial charge in [-0.1, -0.05) is 23.7 Å². The van der Waals surface area contributed by atoms with Crippen molar-refractivity contribution in [1.82, 2.24) is 14.5 Å². The molecule has 0 saturated heterocycles. The van der Waals surface area contributed by atoms with Crippen molar-refractivity contribution < 1.29 is 15.3 Å². The fraction of sp³-hybridized carbons (Fsp3) is 0.333. The SMILES string of the molecule is Cl.N/N=c1\nc[nH]c2c1ccn2[C@@H]1C[C@H]([C@H](O)c2ccc(Cl)cc2)[C@@H](O)[C@H]1O. The summed E-state index contributed by atoms with van der Waals surface area (Å²) in [4.78, 5) is 7.10. The molecule has 0 bridgehead atoms. The highest BCUT2D eigenvalue weighted by molar-refractivity contribution is 6.30. The molecule has 2 heterocycles. The largest absolute Gasteiger partial charge is 0.390 e. The summed E-state index contributed by atoms with van der Waals surface area (Å²) < 4.78 is 1.83. The lowest BCUT2D eigenvalue weighted by molar-refractivity contribution is -0.0264. The van der Waals surface area contributed by atoms with Gasteiger partial charge in [-0.2, -0.15) is 5.10 Å². The van der Waals surface area contributed by atoms with Crippen LogP contribution in [0, 0.1) is 5.92 Å². The second-order valence-electron chi connectivity index (χ2n) is 6.79. The number of H-pyrrole nitrogens is 1. The van der Waals surface area contributed by atoms with Crippen LogP contribution in [0.4, 0.5) is 0 Å². The number of aromatic nitrogens is 3. The number of benzene rings is 1. The summed E-state index contributed by atoms with van der Waals surface area (Å²) in [6, 6.07) is 8.20. The first-order valence-electron chi connectivity index (χ1n) is 8.59. The van der Waals surface area contributed by atoms with Crippen molar-refractivity contribution in [1.29, 1.82) is 0 Å². The minimum atomic E-state index is -1.07. The number of halogens is 2. The fourth-order valence-electron chi connectivity index (χ4n) is 3.92. The van der Waals surface area contributed by atoms with Crippen LogP contribution >= 0.6 is 24.0 Å². The Morgan fingerprint density at radius 1 is 1.21 bits per heavy atom. The standard InChI is InChI=1S/C18H20ClN5O3.ClH/c19-10-3-1-9(2-4-10)14(25)12-7-13(16(27)15(12)26)24-6-5-11-17(23-20)21-8-22-18(11)24;/h1-6,8,12-16,25-27H,7,20H2,(H,21,22,23);1H/t12-,13-,14-,15-,16+;/m1./s1. The smallest absolute Gasteiger partial charge is 0.183 e. The van der Waals surface area contributed by atoms with E-state index in [1.165, 1.54) is 6.33 Å². The average Bonchev–Trinajstić information content (AvgIpc) is 3.23. The van der Waals surface area contributed by atoms with Gasteiger partial charge >= 0.3 is 0 Å². The van der Waals surface area contributed by atoms with Crippen molar-refractivity contribution in [3.8, 4) is 0 Å². The van der Waals surface area contributed by atoms with Crippen LogP contribution in [-0.4, -0.2) is 42.1 Å². The van der Waals surface area contributed by atoms with E-state index in [1.54, 1.807) is 36.5 Å². The topological polar surface area (TPSA) is 133 Å². The molecule has 1 aliphatic carbocycles. The van der Waals surface area contributed by atoms with Crippen molar-refractivity contribution in [2.45, 2.75) is 30.8 Å². The normalized spacial score (nSPS) is 26.4. The molecule has 28 heavy (non-hydrogen) atoms. The molecule has 1 fully saturated rings. The molecule has 1 aliphatic rings. The van der Waals surface area contributed by atoms with E-state index in [0.717, 1.165) is 0 Å². The molecular formula is C18H21Cl2N5O3. The number of aliphatic hydroxyl groups excluding tert-OH is 3. The summed E-state index contributed by atoms with van der Waals surface area (Å²) in [5, 5.41) is 36.9. The molecule has 0 unspecified atom stereocenters. The Morgan fingerprint density at radius 2 is 1.93 bits per heavy atom. The van der Waals surface area contributed by atoms with Crippen LogP contribution in [-0.2, 0) is 0 Å². The number of hydrogen-bond donors (Lipinski definition) is 5. The quantitative estimate of drug-likeness (QED) is 0.318. The number of fused-ring (bicyclic) bond motifs is 1. The summed E-state index contributed by atoms with van der Waals surface area (Å²) in [7, 11) is 0. The summed E-state index contributed by atoms with van der Waals surface area (Å²) in [5.41, 5.74) is 1.72. The summed E-state index contributed by atoms with van der Waals surface area (Å²) in [6.45, 7) is 0. The lowest BCUT2D eigenvalue weighted by Gasteiger charge is -2.22. The molecule has 0 aliphatic heterocycles. The van der Waals surface area contributed by atoms with Gasteiger partial charge < -0.3 is 30.7 Å². The van der Waals surface area contributed by atoms with E-state index in [4.69, 9.17) is 17.4 Å². The van der Waals surface area contributed by atoms with Gasteiger partial charge in [0.1, 0.15) is 11.8 Å². The minimum absolute atomic E-state index is 0. The Bertz CT molecular complexity index is 1020. The number of rotatable bonds is 3. The zero-order valence-electron chi connectivity index (χ0n) is 14.7. The Balaban J connectivity index is 0.00000225. The van der Waals surface area contributed by atoms with Gasteiger partial charge in [0.15, 0.2) is 5.49 Å². The van der Waals surface area contributed by atoms with E-state index in [0.29, 0.717) is 33.5 Å². The van der Waals surface area contributed by atoms with E-state index in [2.05, 4.69) is 15.1 Å². The Kier molecular flexibility index (Phi) is 5.97. The van der Waals surface area contributed by atoms with Crippen LogP contribution in [0.3, 0.4) is 0 Å². The number of aliphatic hydroxyl groups is 3. The first-order valence-corrected chi connectivity index (χ1v) is 8.97. The van der Waals surface area contributed by atoms with Crippen molar-refractivity contribution in [3.63, 3.8) is 0 Å². The zero-order valence-corrected chi connectivity index (χ0v) is 16.3. The van der Waals surface area contributed by atoms with Crippen LogP contribution < -0.4 is 11.3 Å². The average molecular weight is 426 g/mol. The van der Waals surface area contributed by atoms with Gasteiger partial charge in [-0.3, -0.25) is 0 Å². The number of aromatic amines is 1. The molecule has 3 aromatic rings. The molecule has 4 rings (SSSR count). The lowest BCUT2D eigenvalue weighted by atomic mass is 9.92. The third kappa shape index (κ3) is 3.38. The first kappa shape index (κ1) is 20.6. The molecule has 0 spiro atoms. The molecule has 10 heteroatoms. The summed E-state index contributed by atoms with van der Waals surface area (Å²) in [5.74, 6) is 4.85. The lowest BCUT2D eigenvalue weighted by Crippen LogP contribution is -2.31. The highest BCUT2D eigenvalue weighted by atomic mass is 35.5. The maximum absolute atomic E-state index is 10.7. The predicted molar refractivity (Wildman–Crippen MR) is 107 cm³/mol. The van der Waals surface area contributed by atoms with Crippen LogP contribution in [0.1, 0.15) is 24.1 Å². The molecule has 150 valence electrons. The molecule has 1 saturated carbocycles. The molecule has 5 atom stereocenters. The highest BCUT2D eigenvalue weighted by Gasteiger charge is 2.46. The minimum Gasteiger partial charge on any atom is -0.390 e. The number of nitrogens with two attached hydrogens (primary N) is 1. The van der Waals surface area contributed by atoms with Gasteiger partial charge in [0, 0.05) is 17.1 Å². The molecule has 6 N–H and O–H groups in total. The zero-order chi connectivity index (χ0) is 19.1. The number of nitrogens with zero attached hydrogens (tertiary/aromatic N) is 3. The van der Waals surface area contributed by atoms with Crippen LogP contribution in [0.15, 0.2) is 48.0 Å². The van der Waals surface area contributed by atoms with E-state index < -0.39 is 30.3 Å². The Hall–Kier alpha value is -2.10.